The Kier molecular flexibility index (Phi) is 6.23. The number of aryl methyl sites for hydroxylation is 1. The van der Waals surface area contributed by atoms with Crippen LogP contribution < -0.4 is 5.73 Å². The van der Waals surface area contributed by atoms with Crippen molar-refractivity contribution in [1.82, 2.24) is 4.98 Å². The van der Waals surface area contributed by atoms with Gasteiger partial charge in [0.25, 0.3) is 0 Å². The van der Waals surface area contributed by atoms with E-state index in [1.807, 2.05) is 6.08 Å². The molecular formula is C20H26N2. The monoisotopic (exact) mass is 294 g/mol. The average molecular weight is 294 g/mol. The summed E-state index contributed by atoms with van der Waals surface area (Å²) in [7, 11) is 0. The zero-order valence-corrected chi connectivity index (χ0v) is 13.4. The van der Waals surface area contributed by atoms with Crippen LogP contribution >= 0.6 is 0 Å². The highest BCUT2D eigenvalue weighted by atomic mass is 14.7. The predicted molar refractivity (Wildman–Crippen MR) is 97.1 cm³/mol. The zero-order valence-electron chi connectivity index (χ0n) is 13.4. The fourth-order valence-corrected chi connectivity index (χ4v) is 2.96. The SMILES string of the molecule is C=C/C=C(\C=C/C)CCCc1c(CCN)[nH]c2ccccc12. The fourth-order valence-electron chi connectivity index (χ4n) is 2.96. The molecule has 0 radical (unpaired) electrons. The number of benzene rings is 1. The molecule has 0 saturated carbocycles. The summed E-state index contributed by atoms with van der Waals surface area (Å²) in [6, 6.07) is 8.52. The van der Waals surface area contributed by atoms with Crippen LogP contribution in [0.4, 0.5) is 0 Å². The first-order valence-corrected chi connectivity index (χ1v) is 8.03. The molecule has 0 bridgehead atoms. The largest absolute Gasteiger partial charge is 0.358 e. The van der Waals surface area contributed by atoms with Gasteiger partial charge in [0, 0.05) is 23.0 Å². The summed E-state index contributed by atoms with van der Waals surface area (Å²) in [4.78, 5) is 3.53. The second-order valence-corrected chi connectivity index (χ2v) is 5.50. The number of H-pyrrole nitrogens is 1. The van der Waals surface area contributed by atoms with Crippen molar-refractivity contribution in [1.29, 1.82) is 0 Å². The molecular weight excluding hydrogens is 268 g/mol. The second kappa shape index (κ2) is 8.40. The number of allylic oxidation sites excluding steroid dienone is 5. The number of nitrogens with one attached hydrogen (secondary N) is 1. The van der Waals surface area contributed by atoms with Crippen molar-refractivity contribution in [2.24, 2.45) is 5.73 Å². The Hall–Kier alpha value is -2.06. The molecule has 3 N–H and O–H groups in total. The number of aromatic nitrogens is 1. The van der Waals surface area contributed by atoms with Crippen LogP contribution in [-0.2, 0) is 12.8 Å². The lowest BCUT2D eigenvalue weighted by Crippen LogP contribution is -2.05. The van der Waals surface area contributed by atoms with Crippen molar-refractivity contribution in [3.63, 3.8) is 0 Å². The second-order valence-electron chi connectivity index (χ2n) is 5.50. The van der Waals surface area contributed by atoms with Crippen molar-refractivity contribution < 1.29 is 0 Å². The molecule has 0 aliphatic heterocycles. The Morgan fingerprint density at radius 1 is 1.27 bits per heavy atom. The summed E-state index contributed by atoms with van der Waals surface area (Å²) in [5.41, 5.74) is 11.0. The number of aromatic amines is 1. The van der Waals surface area contributed by atoms with Gasteiger partial charge in [0.2, 0.25) is 0 Å². The van der Waals surface area contributed by atoms with Gasteiger partial charge in [-0.3, -0.25) is 0 Å². The van der Waals surface area contributed by atoms with E-state index in [1.165, 1.54) is 27.7 Å². The highest BCUT2D eigenvalue weighted by Gasteiger charge is 2.10. The first-order chi connectivity index (χ1) is 10.8. The van der Waals surface area contributed by atoms with E-state index in [9.17, 15) is 0 Å². The van der Waals surface area contributed by atoms with Gasteiger partial charge >= 0.3 is 0 Å². The lowest BCUT2D eigenvalue weighted by Gasteiger charge is -2.05. The standard InChI is InChI=1S/C20H26N2/c1-3-8-16(9-4-2)10-7-12-18-17-11-5-6-13-19(17)22-20(18)14-15-21/h3-6,8-9,11,13,22H,1,7,10,12,14-15,21H2,2H3/b9-4-,16-8+. The molecule has 2 aromatic rings. The van der Waals surface area contributed by atoms with Gasteiger partial charge in [-0.15, -0.1) is 0 Å². The van der Waals surface area contributed by atoms with Crippen LogP contribution in [0.3, 0.4) is 0 Å². The van der Waals surface area contributed by atoms with E-state index in [0.29, 0.717) is 6.54 Å². The van der Waals surface area contributed by atoms with E-state index in [-0.39, 0.29) is 0 Å². The molecule has 0 unspecified atom stereocenters. The van der Waals surface area contributed by atoms with Gasteiger partial charge in [-0.25, -0.2) is 0 Å². The summed E-state index contributed by atoms with van der Waals surface area (Å²) < 4.78 is 0. The van der Waals surface area contributed by atoms with Crippen LogP contribution in [0.5, 0.6) is 0 Å². The van der Waals surface area contributed by atoms with E-state index < -0.39 is 0 Å². The van der Waals surface area contributed by atoms with Crippen molar-refractivity contribution in [2.45, 2.75) is 32.6 Å². The highest BCUT2D eigenvalue weighted by Crippen LogP contribution is 2.25. The quantitative estimate of drug-likeness (QED) is 0.682. The van der Waals surface area contributed by atoms with Crippen LogP contribution in [0, 0.1) is 0 Å². The first kappa shape index (κ1) is 16.3. The third kappa shape index (κ3) is 3.99. The summed E-state index contributed by atoms with van der Waals surface area (Å²) in [5.74, 6) is 0. The molecule has 2 nitrogen and oxygen atoms in total. The maximum Gasteiger partial charge on any atom is 0.0458 e. The normalized spacial score (nSPS) is 12.4. The van der Waals surface area contributed by atoms with E-state index in [1.54, 1.807) is 0 Å². The van der Waals surface area contributed by atoms with Gasteiger partial charge in [-0.2, -0.15) is 0 Å². The van der Waals surface area contributed by atoms with Gasteiger partial charge < -0.3 is 10.7 Å². The molecule has 0 atom stereocenters. The molecule has 0 aliphatic carbocycles. The molecule has 1 aromatic heterocycles. The molecule has 2 heteroatoms. The molecule has 2 rings (SSSR count). The van der Waals surface area contributed by atoms with Crippen LogP contribution in [-0.4, -0.2) is 11.5 Å². The van der Waals surface area contributed by atoms with Gasteiger partial charge in [0.05, 0.1) is 0 Å². The topological polar surface area (TPSA) is 41.8 Å². The van der Waals surface area contributed by atoms with Crippen molar-refractivity contribution in [3.8, 4) is 0 Å². The van der Waals surface area contributed by atoms with E-state index in [2.05, 4.69) is 61.0 Å². The number of para-hydroxylation sites is 1. The molecule has 0 amide bonds. The molecule has 22 heavy (non-hydrogen) atoms. The molecule has 0 spiro atoms. The zero-order chi connectivity index (χ0) is 15.8. The third-order valence-electron chi connectivity index (χ3n) is 3.90. The molecule has 0 saturated heterocycles. The summed E-state index contributed by atoms with van der Waals surface area (Å²) >= 11 is 0. The molecule has 1 heterocycles. The maximum absolute atomic E-state index is 5.76. The lowest BCUT2D eigenvalue weighted by atomic mass is 10.00. The summed E-state index contributed by atoms with van der Waals surface area (Å²) in [6.45, 7) is 6.52. The number of hydrogen-bond acceptors (Lipinski definition) is 1. The third-order valence-corrected chi connectivity index (χ3v) is 3.90. The van der Waals surface area contributed by atoms with Crippen LogP contribution in [0.15, 0.2) is 60.7 Å². The Morgan fingerprint density at radius 3 is 2.82 bits per heavy atom. The Labute approximate surface area is 133 Å². The van der Waals surface area contributed by atoms with E-state index >= 15 is 0 Å². The molecule has 0 aliphatic rings. The Bertz CT molecular complexity index is 674. The number of hydrogen-bond donors (Lipinski definition) is 2. The van der Waals surface area contributed by atoms with Crippen LogP contribution in [0.1, 0.15) is 31.0 Å². The Morgan fingerprint density at radius 2 is 2.09 bits per heavy atom. The summed E-state index contributed by atoms with van der Waals surface area (Å²) in [6.07, 6.45) is 12.4. The van der Waals surface area contributed by atoms with Gasteiger partial charge in [0.1, 0.15) is 0 Å². The maximum atomic E-state index is 5.76. The number of rotatable bonds is 8. The van der Waals surface area contributed by atoms with Crippen LogP contribution in [0.2, 0.25) is 0 Å². The van der Waals surface area contributed by atoms with Crippen molar-refractivity contribution in [3.05, 3.63) is 72.0 Å². The van der Waals surface area contributed by atoms with Crippen LogP contribution in [0.25, 0.3) is 10.9 Å². The minimum Gasteiger partial charge on any atom is -0.358 e. The number of nitrogens with two attached hydrogens (primary N) is 1. The molecule has 116 valence electrons. The predicted octanol–water partition coefficient (Wildman–Crippen LogP) is 4.68. The minimum absolute atomic E-state index is 0.681. The lowest BCUT2D eigenvalue weighted by molar-refractivity contribution is 0.809. The smallest absolute Gasteiger partial charge is 0.0458 e. The van der Waals surface area contributed by atoms with E-state index in [4.69, 9.17) is 5.73 Å². The van der Waals surface area contributed by atoms with E-state index in [0.717, 1.165) is 25.7 Å². The number of fused-ring (bicyclic) bond motifs is 1. The van der Waals surface area contributed by atoms with Gasteiger partial charge in [-0.1, -0.05) is 49.1 Å². The molecule has 0 fully saturated rings. The fraction of sp³-hybridized carbons (Fsp3) is 0.300. The highest BCUT2D eigenvalue weighted by molar-refractivity contribution is 5.84. The Balaban J connectivity index is 2.14. The summed E-state index contributed by atoms with van der Waals surface area (Å²) in [5, 5.41) is 1.34. The molecule has 1 aromatic carbocycles. The first-order valence-electron chi connectivity index (χ1n) is 8.03. The van der Waals surface area contributed by atoms with Crippen molar-refractivity contribution in [2.75, 3.05) is 6.54 Å². The minimum atomic E-state index is 0.681. The van der Waals surface area contributed by atoms with Gasteiger partial charge in [0.15, 0.2) is 0 Å². The average Bonchev–Trinajstić information content (AvgIpc) is 2.86. The van der Waals surface area contributed by atoms with Crippen molar-refractivity contribution >= 4 is 10.9 Å². The van der Waals surface area contributed by atoms with Gasteiger partial charge in [-0.05, 0) is 49.9 Å².